The van der Waals surface area contributed by atoms with E-state index in [9.17, 15) is 14.4 Å². The first kappa shape index (κ1) is 19.9. The molecule has 0 aromatic heterocycles. The molecule has 4 saturated carbocycles. The molecule has 8 atom stereocenters. The summed E-state index contributed by atoms with van der Waals surface area (Å²) in [5.41, 5.74) is -0.410. The second kappa shape index (κ2) is 6.84. The summed E-state index contributed by atoms with van der Waals surface area (Å²) in [5.74, 6) is 1.32. The SMILES string of the molecule is COC(=O)[C@@H]1CC[C@@H]2[C@@H]3CC[C@@H]4C[C@H](OC(C)=O)CC[C@]4(C)[C@@H]3CC(=O)[C@]21C. The highest BCUT2D eigenvalue weighted by Gasteiger charge is 2.65. The lowest BCUT2D eigenvalue weighted by Gasteiger charge is -2.60. The van der Waals surface area contributed by atoms with Crippen molar-refractivity contribution < 1.29 is 23.9 Å². The van der Waals surface area contributed by atoms with Crippen molar-refractivity contribution in [2.24, 2.45) is 40.4 Å². The van der Waals surface area contributed by atoms with Crippen LogP contribution in [-0.2, 0) is 23.9 Å². The van der Waals surface area contributed by atoms with Crippen LogP contribution >= 0.6 is 0 Å². The predicted molar refractivity (Wildman–Crippen MR) is 103 cm³/mol. The summed E-state index contributed by atoms with van der Waals surface area (Å²) in [7, 11) is 1.43. The summed E-state index contributed by atoms with van der Waals surface area (Å²) in [5, 5.41) is 0. The average Bonchev–Trinajstić information content (AvgIpc) is 3.01. The number of Topliss-reactive ketones (excluding diaryl/α,β-unsaturated/α-hetero) is 1. The van der Waals surface area contributed by atoms with E-state index in [1.807, 2.05) is 6.92 Å². The lowest BCUT2D eigenvalue weighted by atomic mass is 9.44. The zero-order chi connectivity index (χ0) is 20.3. The van der Waals surface area contributed by atoms with E-state index in [-0.39, 0.29) is 35.2 Å². The molecule has 0 unspecified atom stereocenters. The molecule has 4 fully saturated rings. The largest absolute Gasteiger partial charge is 0.469 e. The number of carbonyl (C=O) groups is 3. The molecule has 5 heteroatoms. The molecule has 0 aliphatic heterocycles. The van der Waals surface area contributed by atoms with Gasteiger partial charge in [0, 0.05) is 18.8 Å². The van der Waals surface area contributed by atoms with Crippen molar-refractivity contribution in [2.45, 2.75) is 78.2 Å². The van der Waals surface area contributed by atoms with Crippen LogP contribution in [0.2, 0.25) is 0 Å². The highest BCUT2D eigenvalue weighted by Crippen LogP contribution is 2.66. The number of esters is 2. The molecule has 0 aromatic rings. The molecule has 0 amide bonds. The zero-order valence-electron chi connectivity index (χ0n) is 17.7. The molecular formula is C23H34O5. The standard InChI is InChI=1S/C23H34O5/c1-13(24)28-15-9-10-22(2)14(11-15)5-6-16-17-7-8-18(21(26)27-4)23(17,3)20(25)12-19(16)22/h14-19H,5-12H2,1-4H3/t14-,15-,16+,17-,18+,19-,22+,23-/m1/s1. The van der Waals surface area contributed by atoms with Gasteiger partial charge < -0.3 is 9.47 Å². The molecule has 4 rings (SSSR count). The van der Waals surface area contributed by atoms with Crippen LogP contribution in [0.5, 0.6) is 0 Å². The van der Waals surface area contributed by atoms with E-state index in [1.54, 1.807) is 0 Å². The second-order valence-electron chi connectivity index (χ2n) is 10.2. The van der Waals surface area contributed by atoms with Gasteiger partial charge in [-0.25, -0.2) is 0 Å². The Hall–Kier alpha value is -1.39. The Bertz CT molecular complexity index is 686. The van der Waals surface area contributed by atoms with Crippen molar-refractivity contribution in [3.8, 4) is 0 Å². The first-order valence-electron chi connectivity index (χ1n) is 11.0. The van der Waals surface area contributed by atoms with Crippen LogP contribution < -0.4 is 0 Å². The number of rotatable bonds is 2. The maximum atomic E-state index is 13.4. The summed E-state index contributed by atoms with van der Waals surface area (Å²) in [6, 6.07) is 0. The normalized spacial score (nSPS) is 47.5. The molecule has 0 bridgehead atoms. The van der Waals surface area contributed by atoms with E-state index in [1.165, 1.54) is 14.0 Å². The fourth-order valence-electron chi connectivity index (χ4n) is 7.80. The van der Waals surface area contributed by atoms with Gasteiger partial charge in [-0.15, -0.1) is 0 Å². The second-order valence-corrected chi connectivity index (χ2v) is 10.2. The van der Waals surface area contributed by atoms with Crippen molar-refractivity contribution in [2.75, 3.05) is 7.11 Å². The van der Waals surface area contributed by atoms with Crippen LogP contribution in [0.4, 0.5) is 0 Å². The van der Waals surface area contributed by atoms with E-state index < -0.39 is 5.41 Å². The van der Waals surface area contributed by atoms with Gasteiger partial charge in [0.15, 0.2) is 0 Å². The first-order valence-corrected chi connectivity index (χ1v) is 11.0. The van der Waals surface area contributed by atoms with Crippen LogP contribution in [0, 0.1) is 40.4 Å². The van der Waals surface area contributed by atoms with E-state index >= 15 is 0 Å². The quantitative estimate of drug-likeness (QED) is 0.668. The highest BCUT2D eigenvalue weighted by molar-refractivity contribution is 5.92. The molecule has 0 spiro atoms. The molecule has 0 N–H and O–H groups in total. The van der Waals surface area contributed by atoms with Crippen molar-refractivity contribution in [1.82, 2.24) is 0 Å². The van der Waals surface area contributed by atoms with Gasteiger partial charge in [-0.1, -0.05) is 13.8 Å². The lowest BCUT2D eigenvalue weighted by Crippen LogP contribution is -2.57. The third-order valence-corrected chi connectivity index (χ3v) is 9.30. The van der Waals surface area contributed by atoms with Gasteiger partial charge in [-0.2, -0.15) is 0 Å². The fraction of sp³-hybridized carbons (Fsp3) is 0.870. The Morgan fingerprint density at radius 2 is 1.79 bits per heavy atom. The Balaban J connectivity index is 1.58. The van der Waals surface area contributed by atoms with Gasteiger partial charge >= 0.3 is 11.9 Å². The lowest BCUT2D eigenvalue weighted by molar-refractivity contribution is -0.171. The summed E-state index contributed by atoms with van der Waals surface area (Å²) in [6.45, 7) is 5.90. The van der Waals surface area contributed by atoms with Gasteiger partial charge in [0.2, 0.25) is 0 Å². The third kappa shape index (κ3) is 2.75. The van der Waals surface area contributed by atoms with Crippen LogP contribution in [0.1, 0.15) is 72.1 Å². The predicted octanol–water partition coefficient (Wildman–Crippen LogP) is 3.93. The number of ketones is 1. The number of methoxy groups -OCH3 is 1. The highest BCUT2D eigenvalue weighted by atomic mass is 16.5. The Kier molecular flexibility index (Phi) is 4.86. The van der Waals surface area contributed by atoms with Gasteiger partial charge in [0.1, 0.15) is 11.9 Å². The van der Waals surface area contributed by atoms with E-state index in [0.717, 1.165) is 44.9 Å². The molecule has 0 radical (unpaired) electrons. The van der Waals surface area contributed by atoms with Gasteiger partial charge in [0.25, 0.3) is 0 Å². The molecule has 4 aliphatic carbocycles. The molecule has 0 saturated heterocycles. The average molecular weight is 391 g/mol. The number of hydrogen-bond donors (Lipinski definition) is 0. The summed E-state index contributed by atoms with van der Waals surface area (Å²) < 4.78 is 10.6. The summed E-state index contributed by atoms with van der Waals surface area (Å²) >= 11 is 0. The summed E-state index contributed by atoms with van der Waals surface area (Å²) in [4.78, 5) is 37.2. The molecule has 4 aliphatic rings. The Morgan fingerprint density at radius 1 is 1.04 bits per heavy atom. The molecule has 0 heterocycles. The Labute approximate surface area is 167 Å². The van der Waals surface area contributed by atoms with Crippen LogP contribution in [-0.4, -0.2) is 30.9 Å². The van der Waals surface area contributed by atoms with Gasteiger partial charge in [-0.3, -0.25) is 14.4 Å². The van der Waals surface area contributed by atoms with Gasteiger partial charge in [-0.05, 0) is 74.0 Å². The zero-order valence-corrected chi connectivity index (χ0v) is 17.7. The fourth-order valence-corrected chi connectivity index (χ4v) is 7.80. The Morgan fingerprint density at radius 3 is 2.46 bits per heavy atom. The molecule has 28 heavy (non-hydrogen) atoms. The van der Waals surface area contributed by atoms with E-state index in [0.29, 0.717) is 30.1 Å². The minimum atomic E-state index is -0.549. The summed E-state index contributed by atoms with van der Waals surface area (Å²) in [6.07, 6.45) is 7.48. The molecule has 0 aromatic carbocycles. The van der Waals surface area contributed by atoms with Crippen LogP contribution in [0.25, 0.3) is 0 Å². The molecule has 156 valence electrons. The number of fused-ring (bicyclic) bond motifs is 5. The minimum absolute atomic E-state index is 0.0341. The monoisotopic (exact) mass is 390 g/mol. The number of hydrogen-bond acceptors (Lipinski definition) is 5. The maximum absolute atomic E-state index is 13.4. The third-order valence-electron chi connectivity index (χ3n) is 9.30. The van der Waals surface area contributed by atoms with Crippen LogP contribution in [0.15, 0.2) is 0 Å². The first-order chi connectivity index (χ1) is 13.2. The topological polar surface area (TPSA) is 69.7 Å². The van der Waals surface area contributed by atoms with Crippen LogP contribution in [0.3, 0.4) is 0 Å². The number of carbonyl (C=O) groups excluding carboxylic acids is 3. The molecule has 5 nitrogen and oxygen atoms in total. The van der Waals surface area contributed by atoms with E-state index in [2.05, 4.69) is 6.92 Å². The van der Waals surface area contributed by atoms with Crippen molar-refractivity contribution in [3.05, 3.63) is 0 Å². The minimum Gasteiger partial charge on any atom is -0.469 e. The smallest absolute Gasteiger partial charge is 0.309 e. The molecular weight excluding hydrogens is 356 g/mol. The van der Waals surface area contributed by atoms with Gasteiger partial charge in [0.05, 0.1) is 13.0 Å². The van der Waals surface area contributed by atoms with Crippen molar-refractivity contribution in [1.29, 1.82) is 0 Å². The van der Waals surface area contributed by atoms with Crippen molar-refractivity contribution >= 4 is 17.7 Å². The number of ether oxygens (including phenoxy) is 2. The van der Waals surface area contributed by atoms with Crippen molar-refractivity contribution in [3.63, 3.8) is 0 Å². The maximum Gasteiger partial charge on any atom is 0.309 e. The van der Waals surface area contributed by atoms with E-state index in [4.69, 9.17) is 9.47 Å².